The van der Waals surface area contributed by atoms with E-state index in [1.54, 1.807) is 49.1 Å². The summed E-state index contributed by atoms with van der Waals surface area (Å²) in [5.41, 5.74) is -1.67. The van der Waals surface area contributed by atoms with Gasteiger partial charge in [0.05, 0.1) is 29.5 Å². The van der Waals surface area contributed by atoms with Crippen molar-refractivity contribution < 1.29 is 27.8 Å². The van der Waals surface area contributed by atoms with E-state index < -0.39 is 34.9 Å². The SMILES string of the molecule is CC1(C)C(=O)N(c2ccc(C#N)c(C(F)(F)F)c2)C(=S)N1c1ccc2c(c1)C=C[C@H](CO)O2. The van der Waals surface area contributed by atoms with Crippen molar-refractivity contribution in [1.29, 1.82) is 5.26 Å². The minimum absolute atomic E-state index is 0.0109. The van der Waals surface area contributed by atoms with Gasteiger partial charge in [-0.15, -0.1) is 0 Å². The molecule has 2 aliphatic heterocycles. The summed E-state index contributed by atoms with van der Waals surface area (Å²) in [5, 5.41) is 18.3. The zero-order chi connectivity index (χ0) is 24.1. The first-order chi connectivity index (χ1) is 15.5. The van der Waals surface area contributed by atoms with E-state index in [2.05, 4.69) is 0 Å². The van der Waals surface area contributed by atoms with Crippen LogP contribution in [0.3, 0.4) is 0 Å². The summed E-state index contributed by atoms with van der Waals surface area (Å²) < 4.78 is 46.1. The first-order valence-corrected chi connectivity index (χ1v) is 10.3. The van der Waals surface area contributed by atoms with Gasteiger partial charge < -0.3 is 14.7 Å². The van der Waals surface area contributed by atoms with E-state index in [0.717, 1.165) is 17.0 Å². The predicted octanol–water partition coefficient (Wildman–Crippen LogP) is 4.26. The summed E-state index contributed by atoms with van der Waals surface area (Å²) in [6.07, 6.45) is -1.74. The van der Waals surface area contributed by atoms with Crippen LogP contribution in [0.2, 0.25) is 0 Å². The Bertz CT molecular complexity index is 1230. The fraction of sp³-hybridized carbons (Fsp3) is 0.261. The van der Waals surface area contributed by atoms with Crippen LogP contribution in [-0.4, -0.2) is 34.4 Å². The molecule has 0 saturated carbocycles. The first-order valence-electron chi connectivity index (χ1n) is 9.89. The van der Waals surface area contributed by atoms with Gasteiger partial charge in [-0.2, -0.15) is 18.4 Å². The van der Waals surface area contributed by atoms with Crippen LogP contribution in [0, 0.1) is 11.3 Å². The highest BCUT2D eigenvalue weighted by atomic mass is 32.1. The fourth-order valence-corrected chi connectivity index (χ4v) is 4.41. The topological polar surface area (TPSA) is 76.8 Å². The molecule has 0 aromatic heterocycles. The van der Waals surface area contributed by atoms with Gasteiger partial charge in [0.15, 0.2) is 5.11 Å². The Kier molecular flexibility index (Phi) is 5.42. The number of anilines is 2. The van der Waals surface area contributed by atoms with Gasteiger partial charge in [0, 0.05) is 11.3 Å². The molecule has 0 spiro atoms. The Morgan fingerprint density at radius 2 is 1.91 bits per heavy atom. The molecule has 10 heteroatoms. The molecule has 0 bridgehead atoms. The third-order valence-corrected chi connectivity index (χ3v) is 5.92. The number of rotatable bonds is 3. The maximum Gasteiger partial charge on any atom is 0.417 e. The highest BCUT2D eigenvalue weighted by Gasteiger charge is 2.50. The van der Waals surface area contributed by atoms with Gasteiger partial charge in [-0.1, -0.05) is 6.08 Å². The third-order valence-electron chi connectivity index (χ3n) is 5.56. The van der Waals surface area contributed by atoms with Crippen molar-refractivity contribution in [3.63, 3.8) is 0 Å². The Morgan fingerprint density at radius 3 is 2.55 bits per heavy atom. The summed E-state index contributed by atoms with van der Waals surface area (Å²) in [6.45, 7) is 3.09. The van der Waals surface area contributed by atoms with E-state index >= 15 is 0 Å². The second kappa shape index (κ2) is 7.86. The maximum atomic E-state index is 13.5. The minimum Gasteiger partial charge on any atom is -0.483 e. The molecule has 170 valence electrons. The normalized spacial score (nSPS) is 19.4. The van der Waals surface area contributed by atoms with Crippen LogP contribution in [0.4, 0.5) is 24.5 Å². The number of carbonyl (C=O) groups excluding carboxylic acids is 1. The van der Waals surface area contributed by atoms with Crippen LogP contribution >= 0.6 is 12.2 Å². The molecule has 0 aliphatic carbocycles. The minimum atomic E-state index is -4.77. The fourth-order valence-electron chi connectivity index (χ4n) is 3.88. The number of alkyl halides is 3. The van der Waals surface area contributed by atoms with Gasteiger partial charge in [0.1, 0.15) is 17.4 Å². The molecule has 2 heterocycles. The number of hydrogen-bond acceptors (Lipinski definition) is 5. The molecule has 0 unspecified atom stereocenters. The van der Waals surface area contributed by atoms with Crippen molar-refractivity contribution in [2.45, 2.75) is 31.7 Å². The zero-order valence-electron chi connectivity index (χ0n) is 17.6. The molecule has 0 radical (unpaired) electrons. The molecular formula is C23H18F3N3O3S. The second-order valence-electron chi connectivity index (χ2n) is 8.08. The highest BCUT2D eigenvalue weighted by Crippen LogP contribution is 2.41. The van der Waals surface area contributed by atoms with Crippen molar-refractivity contribution in [2.24, 2.45) is 0 Å². The quantitative estimate of drug-likeness (QED) is 0.672. The van der Waals surface area contributed by atoms with Crippen LogP contribution in [-0.2, 0) is 11.0 Å². The number of aliphatic hydroxyl groups excluding tert-OH is 1. The average molecular weight is 473 g/mol. The van der Waals surface area contributed by atoms with E-state index in [0.29, 0.717) is 17.0 Å². The summed E-state index contributed by atoms with van der Waals surface area (Å²) in [6, 6.07) is 9.73. The Labute approximate surface area is 193 Å². The van der Waals surface area contributed by atoms with Crippen LogP contribution in [0.5, 0.6) is 5.75 Å². The van der Waals surface area contributed by atoms with E-state index in [9.17, 15) is 23.1 Å². The van der Waals surface area contributed by atoms with Crippen molar-refractivity contribution in [2.75, 3.05) is 16.4 Å². The van der Waals surface area contributed by atoms with Crippen molar-refractivity contribution in [3.05, 3.63) is 59.2 Å². The van der Waals surface area contributed by atoms with Gasteiger partial charge in [0.2, 0.25) is 0 Å². The zero-order valence-corrected chi connectivity index (χ0v) is 18.4. The van der Waals surface area contributed by atoms with Gasteiger partial charge >= 0.3 is 6.18 Å². The largest absolute Gasteiger partial charge is 0.483 e. The average Bonchev–Trinajstić information content (AvgIpc) is 2.95. The smallest absolute Gasteiger partial charge is 0.417 e. The standard InChI is InChI=1S/C23H18F3N3O3S/c1-22(2)20(31)28(15-5-3-14(11-27)18(10-15)23(24,25)26)21(33)29(22)16-6-8-19-13(9-16)4-7-17(12-30)32-19/h3-10,17,30H,12H2,1-2H3/t17-/m1/s1. The number of nitriles is 1. The molecule has 1 fully saturated rings. The molecule has 1 atom stereocenters. The van der Waals surface area contributed by atoms with Gasteiger partial charge in [-0.05, 0) is 68.5 Å². The lowest BCUT2D eigenvalue weighted by Gasteiger charge is -2.30. The van der Waals surface area contributed by atoms with Crippen LogP contribution in [0.1, 0.15) is 30.5 Å². The molecule has 6 nitrogen and oxygen atoms in total. The lowest BCUT2D eigenvalue weighted by Crippen LogP contribution is -2.44. The molecular weight excluding hydrogens is 455 g/mol. The first kappa shape index (κ1) is 22.8. The monoisotopic (exact) mass is 473 g/mol. The van der Waals surface area contributed by atoms with Crippen LogP contribution < -0.4 is 14.5 Å². The second-order valence-corrected chi connectivity index (χ2v) is 8.44. The number of thiocarbonyl (C=S) groups is 1. The van der Waals surface area contributed by atoms with Crippen molar-refractivity contribution in [1.82, 2.24) is 0 Å². The number of nitrogens with zero attached hydrogens (tertiary/aromatic N) is 3. The number of aliphatic hydroxyl groups is 1. The summed E-state index contributed by atoms with van der Waals surface area (Å²) in [7, 11) is 0. The molecule has 2 aromatic carbocycles. The van der Waals surface area contributed by atoms with Crippen LogP contribution in [0.25, 0.3) is 6.08 Å². The van der Waals surface area contributed by atoms with Crippen molar-refractivity contribution >= 4 is 40.7 Å². The van der Waals surface area contributed by atoms with Gasteiger partial charge in [-0.25, -0.2) is 0 Å². The molecule has 33 heavy (non-hydrogen) atoms. The molecule has 1 N–H and O–H groups in total. The molecule has 1 amide bonds. The van der Waals surface area contributed by atoms with E-state index in [4.69, 9.17) is 22.2 Å². The highest BCUT2D eigenvalue weighted by molar-refractivity contribution is 7.81. The summed E-state index contributed by atoms with van der Waals surface area (Å²) in [5.74, 6) is 0.0449. The lowest BCUT2D eigenvalue weighted by molar-refractivity contribution is -0.137. The van der Waals surface area contributed by atoms with Crippen molar-refractivity contribution in [3.8, 4) is 11.8 Å². The summed E-state index contributed by atoms with van der Waals surface area (Å²) >= 11 is 5.54. The molecule has 2 aromatic rings. The molecule has 4 rings (SSSR count). The number of carbonyl (C=O) groups is 1. The van der Waals surface area contributed by atoms with Gasteiger partial charge in [-0.3, -0.25) is 9.69 Å². The van der Waals surface area contributed by atoms with E-state index in [-0.39, 0.29) is 17.4 Å². The maximum absolute atomic E-state index is 13.5. The lowest BCUT2D eigenvalue weighted by atomic mass is 10.0. The summed E-state index contributed by atoms with van der Waals surface area (Å²) in [4.78, 5) is 15.9. The number of amides is 1. The third kappa shape index (κ3) is 3.73. The van der Waals surface area contributed by atoms with E-state index in [1.165, 1.54) is 12.1 Å². The van der Waals surface area contributed by atoms with Crippen LogP contribution in [0.15, 0.2) is 42.5 Å². The Morgan fingerprint density at radius 1 is 1.21 bits per heavy atom. The molecule has 1 saturated heterocycles. The van der Waals surface area contributed by atoms with Gasteiger partial charge in [0.25, 0.3) is 5.91 Å². The number of fused-ring (bicyclic) bond motifs is 1. The number of ether oxygens (including phenoxy) is 1. The van der Waals surface area contributed by atoms with E-state index in [1.807, 2.05) is 0 Å². The Hall–Kier alpha value is -3.42. The number of halogens is 3. The molecule has 2 aliphatic rings. The number of hydrogen-bond donors (Lipinski definition) is 1. The number of benzene rings is 2. The predicted molar refractivity (Wildman–Crippen MR) is 120 cm³/mol. The Balaban J connectivity index is 1.76.